The molecule has 5 nitrogen and oxygen atoms in total. The monoisotopic (exact) mass is 417 g/mol. The first kappa shape index (κ1) is 17.5. The number of hydrogen-bond donors (Lipinski definition) is 1. The number of fused-ring (bicyclic) bond motifs is 1. The summed E-state index contributed by atoms with van der Waals surface area (Å²) < 4.78 is 2.86. The van der Waals surface area contributed by atoms with Gasteiger partial charge in [-0.1, -0.05) is 52.3 Å². The summed E-state index contributed by atoms with van der Waals surface area (Å²) in [7, 11) is 1.99. The second-order valence-corrected chi connectivity index (χ2v) is 7.42. The van der Waals surface area contributed by atoms with Crippen LogP contribution < -0.4 is 5.32 Å². The van der Waals surface area contributed by atoms with Gasteiger partial charge in [-0.25, -0.2) is 4.98 Å². The molecule has 3 heterocycles. The van der Waals surface area contributed by atoms with Gasteiger partial charge in [-0.15, -0.1) is 0 Å². The van der Waals surface area contributed by atoms with Crippen molar-refractivity contribution in [1.29, 1.82) is 0 Å². The van der Waals surface area contributed by atoms with Crippen molar-refractivity contribution in [2.45, 2.75) is 6.54 Å². The average Bonchev–Trinajstić information content (AvgIpc) is 3.10. The summed E-state index contributed by atoms with van der Waals surface area (Å²) in [4.78, 5) is 9.03. The Bertz CT molecular complexity index is 1090. The Balaban J connectivity index is 1.80. The average molecular weight is 418 g/mol. The van der Waals surface area contributed by atoms with Crippen molar-refractivity contribution >= 4 is 41.3 Å². The lowest BCUT2D eigenvalue weighted by molar-refractivity contribution is 0.925. The van der Waals surface area contributed by atoms with Gasteiger partial charge in [0.05, 0.1) is 11.9 Å². The minimum absolute atomic E-state index is 0.656. The molecule has 0 saturated carbocycles. The number of aromatic nitrogens is 4. The minimum atomic E-state index is 0.656. The molecule has 4 aromatic rings. The lowest BCUT2D eigenvalue weighted by Crippen LogP contribution is -2.07. The molecule has 0 fully saturated rings. The van der Waals surface area contributed by atoms with E-state index in [0.29, 0.717) is 6.54 Å². The predicted molar refractivity (Wildman–Crippen MR) is 115 cm³/mol. The van der Waals surface area contributed by atoms with Crippen molar-refractivity contribution in [2.75, 3.05) is 5.32 Å². The number of halogens is 1. The van der Waals surface area contributed by atoms with E-state index in [-0.39, 0.29) is 0 Å². The zero-order valence-corrected chi connectivity index (χ0v) is 16.4. The first-order valence-electron chi connectivity index (χ1n) is 8.61. The van der Waals surface area contributed by atoms with Gasteiger partial charge in [0.15, 0.2) is 5.65 Å². The summed E-state index contributed by atoms with van der Waals surface area (Å²) in [6.45, 7) is 0.656. The molecule has 0 unspecified atom stereocenters. The fraction of sp³-hybridized carbons (Fsp3) is 0.0500. The van der Waals surface area contributed by atoms with Crippen LogP contribution >= 0.6 is 15.9 Å². The number of rotatable bonds is 5. The molecule has 0 amide bonds. The van der Waals surface area contributed by atoms with E-state index in [4.69, 9.17) is 4.98 Å². The van der Waals surface area contributed by atoms with Crippen LogP contribution in [-0.4, -0.2) is 27.4 Å². The first-order chi connectivity index (χ1) is 13.2. The summed E-state index contributed by atoms with van der Waals surface area (Å²) >= 11 is 3.50. The molecule has 7 heteroatoms. The molecule has 1 aromatic carbocycles. The van der Waals surface area contributed by atoms with E-state index in [1.165, 1.54) is 0 Å². The van der Waals surface area contributed by atoms with Crippen LogP contribution in [0.25, 0.3) is 23.0 Å². The van der Waals surface area contributed by atoms with Gasteiger partial charge in [-0.3, -0.25) is 4.98 Å². The normalized spacial score (nSPS) is 11.7. The molecule has 0 bridgehead atoms. The highest BCUT2D eigenvalue weighted by molar-refractivity contribution is 9.12. The van der Waals surface area contributed by atoms with E-state index in [9.17, 15) is 0 Å². The largest absolute Gasteiger partial charge is 0.366 e. The van der Waals surface area contributed by atoms with E-state index in [0.717, 1.165) is 38.2 Å². The fourth-order valence-electron chi connectivity index (χ4n) is 2.87. The lowest BCUT2D eigenvalue weighted by atomic mass is 10.1. The van der Waals surface area contributed by atoms with E-state index in [2.05, 4.69) is 43.5 Å². The molecule has 0 spiro atoms. The second kappa shape index (κ2) is 7.76. The predicted octanol–water partition coefficient (Wildman–Crippen LogP) is 3.73. The van der Waals surface area contributed by atoms with Crippen molar-refractivity contribution in [3.8, 4) is 11.3 Å². The lowest BCUT2D eigenvalue weighted by Gasteiger charge is -2.11. The molecule has 1 N–H and O–H groups in total. The molecular weight excluding hydrogens is 401 g/mol. The molecule has 3 aromatic heterocycles. The number of benzene rings is 1. The van der Waals surface area contributed by atoms with Gasteiger partial charge in [0.25, 0.3) is 0 Å². The smallest absolute Gasteiger partial charge is 0.165 e. The van der Waals surface area contributed by atoms with E-state index in [1.807, 2.05) is 67.2 Å². The maximum absolute atomic E-state index is 4.86. The van der Waals surface area contributed by atoms with Crippen LogP contribution in [-0.2, 0) is 6.54 Å². The summed E-state index contributed by atoms with van der Waals surface area (Å²) in [5, 5.41) is 8.00. The Labute approximate surface area is 166 Å². The Morgan fingerprint density at radius 1 is 1.15 bits per heavy atom. The third kappa shape index (κ3) is 3.93. The van der Waals surface area contributed by atoms with Gasteiger partial charge >= 0.3 is 0 Å². The standard InChI is InChI=1S/C20H17BBrN5/c21-18(22)9-16-13-25-27-19(24-12-14-5-4-8-23-11-14)10-17(26-20(16)27)15-6-2-1-3-7-15/h1-11,13,24H,12,21H2/b18-9-. The van der Waals surface area contributed by atoms with Gasteiger partial charge in [0.1, 0.15) is 13.7 Å². The van der Waals surface area contributed by atoms with Crippen LogP contribution in [0.5, 0.6) is 0 Å². The topological polar surface area (TPSA) is 55.1 Å². The van der Waals surface area contributed by atoms with Gasteiger partial charge < -0.3 is 5.32 Å². The maximum atomic E-state index is 4.86. The van der Waals surface area contributed by atoms with Gasteiger partial charge in [-0.05, 0) is 22.1 Å². The molecule has 0 atom stereocenters. The van der Waals surface area contributed by atoms with Crippen LogP contribution in [0.1, 0.15) is 11.1 Å². The minimum Gasteiger partial charge on any atom is -0.366 e. The molecule has 132 valence electrons. The molecule has 0 aliphatic heterocycles. The van der Waals surface area contributed by atoms with Crippen molar-refractivity contribution in [3.63, 3.8) is 0 Å². The highest BCUT2D eigenvalue weighted by Gasteiger charge is 2.12. The van der Waals surface area contributed by atoms with E-state index >= 15 is 0 Å². The SMILES string of the molecule is B/C(Br)=C/c1cnn2c(NCc3cccnc3)cc(-c3ccccc3)nc12. The van der Waals surface area contributed by atoms with Gasteiger partial charge in [-0.2, -0.15) is 9.61 Å². The summed E-state index contributed by atoms with van der Waals surface area (Å²) in [5.41, 5.74) is 4.85. The number of nitrogens with zero attached hydrogens (tertiary/aromatic N) is 4. The number of hydrogen-bond acceptors (Lipinski definition) is 4. The third-order valence-electron chi connectivity index (χ3n) is 4.12. The van der Waals surface area contributed by atoms with Gasteiger partial charge in [0.2, 0.25) is 0 Å². The van der Waals surface area contributed by atoms with Crippen molar-refractivity contribution < 1.29 is 0 Å². The Morgan fingerprint density at radius 3 is 2.74 bits per heavy atom. The molecule has 0 radical (unpaired) electrons. The zero-order chi connectivity index (χ0) is 18.6. The molecule has 4 rings (SSSR count). The highest BCUT2D eigenvalue weighted by atomic mass is 79.9. The van der Waals surface area contributed by atoms with Gasteiger partial charge in [0, 0.05) is 36.1 Å². The molecule has 0 aliphatic rings. The Hall–Kier alpha value is -2.93. The number of pyridine rings is 1. The second-order valence-electron chi connectivity index (χ2n) is 6.17. The van der Waals surface area contributed by atoms with Crippen LogP contribution in [0.15, 0.2) is 71.5 Å². The molecule has 0 saturated heterocycles. The molecule has 27 heavy (non-hydrogen) atoms. The maximum Gasteiger partial charge on any atom is 0.165 e. The third-order valence-corrected chi connectivity index (χ3v) is 4.35. The quantitative estimate of drug-likeness (QED) is 0.502. The Kier molecular flexibility index (Phi) is 5.02. The molecular formula is C20H17BBrN5. The van der Waals surface area contributed by atoms with E-state index in [1.54, 1.807) is 6.20 Å². The van der Waals surface area contributed by atoms with Crippen LogP contribution in [0.2, 0.25) is 0 Å². The van der Waals surface area contributed by atoms with E-state index < -0.39 is 0 Å². The zero-order valence-electron chi connectivity index (χ0n) is 14.8. The highest BCUT2D eigenvalue weighted by Crippen LogP contribution is 2.25. The first-order valence-corrected chi connectivity index (χ1v) is 9.41. The van der Waals surface area contributed by atoms with Crippen LogP contribution in [0, 0.1) is 0 Å². The van der Waals surface area contributed by atoms with Crippen molar-refractivity contribution in [3.05, 3.63) is 82.6 Å². The fourth-order valence-corrected chi connectivity index (χ4v) is 3.12. The summed E-state index contributed by atoms with van der Waals surface area (Å²) in [6, 6.07) is 16.2. The summed E-state index contributed by atoms with van der Waals surface area (Å²) in [6.07, 6.45) is 7.48. The number of anilines is 1. The Morgan fingerprint density at radius 2 is 2.00 bits per heavy atom. The molecule has 0 aliphatic carbocycles. The van der Waals surface area contributed by atoms with Crippen LogP contribution in [0.4, 0.5) is 5.82 Å². The van der Waals surface area contributed by atoms with Crippen molar-refractivity contribution in [1.82, 2.24) is 19.6 Å². The van der Waals surface area contributed by atoms with Crippen molar-refractivity contribution in [2.24, 2.45) is 0 Å². The summed E-state index contributed by atoms with van der Waals surface area (Å²) in [5.74, 6) is 0.884. The number of nitrogens with one attached hydrogen (secondary N) is 1. The van der Waals surface area contributed by atoms with Crippen LogP contribution in [0.3, 0.4) is 0 Å².